The van der Waals surface area contributed by atoms with Gasteiger partial charge in [-0.15, -0.1) is 0 Å². The van der Waals surface area contributed by atoms with E-state index in [1.165, 1.54) is 21.5 Å². The van der Waals surface area contributed by atoms with Gasteiger partial charge >= 0.3 is 0 Å². The molecule has 2 aromatic heterocycles. The van der Waals surface area contributed by atoms with Gasteiger partial charge in [-0.05, 0) is 91.5 Å². The van der Waals surface area contributed by atoms with Crippen molar-refractivity contribution in [1.82, 2.24) is 4.57 Å². The number of rotatable bonds is 5. The highest BCUT2D eigenvalue weighted by molar-refractivity contribution is 6.25. The van der Waals surface area contributed by atoms with Crippen LogP contribution in [0.1, 0.15) is 22.9 Å². The van der Waals surface area contributed by atoms with Crippen LogP contribution < -0.4 is 0 Å². The van der Waals surface area contributed by atoms with Gasteiger partial charge in [-0.1, -0.05) is 170 Å². The van der Waals surface area contributed by atoms with Crippen LogP contribution in [0.2, 0.25) is 0 Å². The Bertz CT molecular complexity index is 3850. The molecule has 5 nitrogen and oxygen atoms in total. The highest BCUT2D eigenvalue weighted by Crippen LogP contribution is 2.46. The number of furan rings is 1. The highest BCUT2D eigenvalue weighted by atomic mass is 16.3. The largest absolute Gasteiger partial charge is 0.456 e. The number of benzene rings is 10. The topological polar surface area (TPSA) is 56.9 Å². The fourth-order valence-corrected chi connectivity index (χ4v) is 9.70. The Labute approximate surface area is 356 Å². The van der Waals surface area contributed by atoms with E-state index < -0.39 is 6.17 Å². The zero-order valence-corrected chi connectivity index (χ0v) is 33.4. The van der Waals surface area contributed by atoms with Gasteiger partial charge in [-0.25, -0.2) is 0 Å². The Hall–Kier alpha value is -8.28. The fourth-order valence-electron chi connectivity index (χ4n) is 9.70. The van der Waals surface area contributed by atoms with Crippen LogP contribution in [0, 0.1) is 0 Å². The Morgan fingerprint density at radius 1 is 0.452 bits per heavy atom. The molecule has 1 unspecified atom stereocenters. The lowest BCUT2D eigenvalue weighted by atomic mass is 9.91. The third-order valence-electron chi connectivity index (χ3n) is 12.5. The zero-order valence-electron chi connectivity index (χ0n) is 33.4. The molecule has 0 saturated heterocycles. The number of amidine groups is 2. The van der Waals surface area contributed by atoms with Crippen molar-refractivity contribution in [3.8, 4) is 16.8 Å². The quantitative estimate of drug-likeness (QED) is 0.171. The van der Waals surface area contributed by atoms with Gasteiger partial charge in [0.05, 0.1) is 28.7 Å². The summed E-state index contributed by atoms with van der Waals surface area (Å²) >= 11 is 0. The lowest BCUT2D eigenvalue weighted by Gasteiger charge is -2.33. The van der Waals surface area contributed by atoms with Gasteiger partial charge in [0.2, 0.25) is 0 Å². The van der Waals surface area contributed by atoms with Gasteiger partial charge in [0, 0.05) is 32.7 Å². The SMILES string of the molecule is c1ccc(C2N=C(c3ccc(-n4c5ccccc5c5cc6ccccc6cc54)c(-c4c5ccccc5cc5oc6ccccc6c45)c3)N=C(c3cccc4ccccc34)[N-]2)cc1. The van der Waals surface area contributed by atoms with Gasteiger partial charge < -0.3 is 19.3 Å². The first-order chi connectivity index (χ1) is 30.7. The molecule has 12 aromatic rings. The molecule has 0 fully saturated rings. The molecule has 1 aliphatic rings. The van der Waals surface area contributed by atoms with Crippen molar-refractivity contribution < 1.29 is 4.42 Å². The van der Waals surface area contributed by atoms with Crippen LogP contribution in [-0.4, -0.2) is 16.2 Å². The Morgan fingerprint density at radius 2 is 1.13 bits per heavy atom. The Morgan fingerprint density at radius 3 is 1.98 bits per heavy atom. The zero-order chi connectivity index (χ0) is 40.7. The summed E-state index contributed by atoms with van der Waals surface area (Å²) < 4.78 is 9.13. The molecule has 0 saturated carbocycles. The number of para-hydroxylation sites is 2. The van der Waals surface area contributed by atoms with E-state index >= 15 is 0 Å². The molecule has 0 amide bonds. The normalized spacial score (nSPS) is 14.3. The summed E-state index contributed by atoms with van der Waals surface area (Å²) in [7, 11) is 0. The molecule has 290 valence electrons. The van der Waals surface area contributed by atoms with Gasteiger partial charge in [-0.3, -0.25) is 4.99 Å². The molecule has 13 rings (SSSR count). The molecule has 0 spiro atoms. The Kier molecular flexibility index (Phi) is 7.60. The molecule has 0 bridgehead atoms. The van der Waals surface area contributed by atoms with E-state index in [9.17, 15) is 0 Å². The second kappa shape index (κ2) is 13.6. The van der Waals surface area contributed by atoms with E-state index in [0.29, 0.717) is 11.7 Å². The van der Waals surface area contributed by atoms with Crippen molar-refractivity contribution in [1.29, 1.82) is 0 Å². The van der Waals surface area contributed by atoms with Crippen LogP contribution in [0.15, 0.2) is 221 Å². The average molecular weight is 792 g/mol. The summed E-state index contributed by atoms with van der Waals surface area (Å²) in [5, 5.41) is 16.7. The van der Waals surface area contributed by atoms with Gasteiger partial charge in [0.1, 0.15) is 11.2 Å². The lowest BCUT2D eigenvalue weighted by Crippen LogP contribution is -2.16. The van der Waals surface area contributed by atoms with Gasteiger partial charge in [-0.2, -0.15) is 0 Å². The maximum absolute atomic E-state index is 6.68. The van der Waals surface area contributed by atoms with Gasteiger partial charge in [0.15, 0.2) is 0 Å². The first-order valence-corrected chi connectivity index (χ1v) is 21.0. The summed E-state index contributed by atoms with van der Waals surface area (Å²) in [6, 6.07) is 73.1. The standard InChI is InChI=1S/C57H35N4O/c1-2-16-36(17-3-1)55-58-56(60-57(59-55)44-26-14-21-35-15-6-8-22-41(35)44)40-29-30-49(61-48-27-12-10-24-43(48)46-31-37-18-4-5-19-38(37)33-50(46)61)47(32-40)53-42-23-9-7-20-39(42)34-52-54(53)45-25-11-13-28-51(45)62-52/h1-34,55H/q-1. The summed E-state index contributed by atoms with van der Waals surface area (Å²) in [5.74, 6) is 1.29. The monoisotopic (exact) mass is 791 g/mol. The third-order valence-corrected chi connectivity index (χ3v) is 12.5. The van der Waals surface area contributed by atoms with Crippen molar-refractivity contribution in [3.63, 3.8) is 0 Å². The minimum Gasteiger partial charge on any atom is -0.456 e. The molecule has 0 radical (unpaired) electrons. The van der Waals surface area contributed by atoms with Gasteiger partial charge in [0.25, 0.3) is 0 Å². The maximum atomic E-state index is 6.68. The highest BCUT2D eigenvalue weighted by Gasteiger charge is 2.24. The molecule has 1 aliphatic heterocycles. The number of fused-ring (bicyclic) bond motifs is 9. The van der Waals surface area contributed by atoms with Crippen molar-refractivity contribution in [2.75, 3.05) is 0 Å². The first-order valence-electron chi connectivity index (χ1n) is 21.0. The number of nitrogens with zero attached hydrogens (tertiary/aromatic N) is 4. The fraction of sp³-hybridized carbons (Fsp3) is 0.0175. The predicted octanol–water partition coefficient (Wildman–Crippen LogP) is 15.1. The molecule has 1 atom stereocenters. The Balaban J connectivity index is 1.14. The number of hydrogen-bond acceptors (Lipinski definition) is 3. The lowest BCUT2D eigenvalue weighted by molar-refractivity contribution is 0.669. The van der Waals surface area contributed by atoms with Crippen molar-refractivity contribution >= 4 is 87.7 Å². The van der Waals surface area contributed by atoms with E-state index in [1.807, 2.05) is 24.3 Å². The molecular weight excluding hydrogens is 757 g/mol. The van der Waals surface area contributed by atoms with E-state index in [1.54, 1.807) is 0 Å². The van der Waals surface area contributed by atoms with Crippen molar-refractivity contribution in [2.45, 2.75) is 6.17 Å². The minimum atomic E-state index is -0.478. The van der Waals surface area contributed by atoms with Crippen LogP contribution in [0.25, 0.3) is 98.2 Å². The molecule has 62 heavy (non-hydrogen) atoms. The van der Waals surface area contributed by atoms with E-state index in [-0.39, 0.29) is 0 Å². The van der Waals surface area contributed by atoms with E-state index in [2.05, 4.69) is 187 Å². The number of aromatic nitrogens is 1. The minimum absolute atomic E-state index is 0.478. The van der Waals surface area contributed by atoms with E-state index in [4.69, 9.17) is 19.7 Å². The summed E-state index contributed by atoms with van der Waals surface area (Å²) in [6.07, 6.45) is -0.478. The summed E-state index contributed by atoms with van der Waals surface area (Å²) in [4.78, 5) is 10.7. The summed E-state index contributed by atoms with van der Waals surface area (Å²) in [6.45, 7) is 0. The molecule has 0 aliphatic carbocycles. The first kappa shape index (κ1) is 34.6. The number of hydrogen-bond donors (Lipinski definition) is 0. The predicted molar refractivity (Wildman–Crippen MR) is 258 cm³/mol. The average Bonchev–Trinajstić information content (AvgIpc) is 3.87. The van der Waals surface area contributed by atoms with Crippen LogP contribution in [-0.2, 0) is 0 Å². The molecular formula is C57H35N4O-. The van der Waals surface area contributed by atoms with Crippen LogP contribution in [0.3, 0.4) is 0 Å². The van der Waals surface area contributed by atoms with Crippen LogP contribution >= 0.6 is 0 Å². The summed E-state index contributed by atoms with van der Waals surface area (Å²) in [5.41, 5.74) is 10.1. The van der Waals surface area contributed by atoms with Crippen LogP contribution in [0.5, 0.6) is 0 Å². The van der Waals surface area contributed by atoms with E-state index in [0.717, 1.165) is 88.0 Å². The third kappa shape index (κ3) is 5.35. The molecule has 10 aromatic carbocycles. The molecule has 5 heteroatoms. The van der Waals surface area contributed by atoms with Crippen molar-refractivity contribution in [2.24, 2.45) is 9.98 Å². The maximum Gasteiger partial charge on any atom is 0.136 e. The van der Waals surface area contributed by atoms with Crippen LogP contribution in [0.4, 0.5) is 0 Å². The van der Waals surface area contributed by atoms with Crippen molar-refractivity contribution in [3.05, 3.63) is 228 Å². The molecule has 3 heterocycles. The molecule has 0 N–H and O–H groups in total. The second-order valence-corrected chi connectivity index (χ2v) is 16.1. The second-order valence-electron chi connectivity index (χ2n) is 16.1. The smallest absolute Gasteiger partial charge is 0.136 e. The number of aliphatic imine (C=N–C) groups is 2.